The molecule has 0 saturated heterocycles. The summed E-state index contributed by atoms with van der Waals surface area (Å²) < 4.78 is 0. The maximum atomic E-state index is 11.7. The number of carbonyl (C=O) groups is 2. The van der Waals surface area contributed by atoms with Crippen LogP contribution in [-0.4, -0.2) is 16.9 Å². The zero-order valence-electron chi connectivity index (χ0n) is 8.82. The van der Waals surface area contributed by atoms with Crippen LogP contribution in [0, 0.1) is 12.8 Å². The summed E-state index contributed by atoms with van der Waals surface area (Å²) in [6, 6.07) is 1.90. The van der Waals surface area contributed by atoms with E-state index in [0.717, 1.165) is 10.4 Å². The third-order valence-electron chi connectivity index (χ3n) is 2.17. The predicted octanol–water partition coefficient (Wildman–Crippen LogP) is 2.74. The Bertz CT molecular complexity index is 368. The molecule has 0 radical (unpaired) electrons. The van der Waals surface area contributed by atoms with Crippen LogP contribution >= 0.6 is 11.3 Å². The van der Waals surface area contributed by atoms with Gasteiger partial charge in [0.25, 0.3) is 0 Å². The molecule has 82 valence electrons. The maximum Gasteiger partial charge on any atom is 0.303 e. The molecule has 0 fully saturated rings. The highest BCUT2D eigenvalue weighted by Gasteiger charge is 2.16. The number of carboxylic acids is 1. The molecule has 1 rings (SSSR count). The largest absolute Gasteiger partial charge is 0.481 e. The molecule has 4 heteroatoms. The highest BCUT2D eigenvalue weighted by atomic mass is 32.1. The van der Waals surface area contributed by atoms with Gasteiger partial charge in [-0.15, -0.1) is 11.3 Å². The van der Waals surface area contributed by atoms with Crippen LogP contribution in [0.1, 0.15) is 35.0 Å². The molecular formula is C11H14O3S. The Morgan fingerprint density at radius 2 is 2.13 bits per heavy atom. The SMILES string of the molecule is Cc1ccsc1C(=O)C[C@H](C)CC(=O)O. The van der Waals surface area contributed by atoms with Crippen LogP contribution in [0.15, 0.2) is 11.4 Å². The van der Waals surface area contributed by atoms with Crippen LogP contribution in [0.3, 0.4) is 0 Å². The Labute approximate surface area is 92.7 Å². The van der Waals surface area contributed by atoms with Crippen molar-refractivity contribution < 1.29 is 14.7 Å². The van der Waals surface area contributed by atoms with Gasteiger partial charge < -0.3 is 5.11 Å². The maximum absolute atomic E-state index is 11.7. The van der Waals surface area contributed by atoms with Gasteiger partial charge >= 0.3 is 5.97 Å². The molecule has 0 aliphatic rings. The standard InChI is InChI=1S/C11H14O3S/c1-7(6-10(13)14)5-9(12)11-8(2)3-4-15-11/h3-4,7H,5-6H2,1-2H3,(H,13,14)/t7-/m0/s1. The Morgan fingerprint density at radius 3 is 2.60 bits per heavy atom. The molecule has 1 heterocycles. The number of ketones is 1. The molecule has 0 amide bonds. The minimum atomic E-state index is -0.849. The predicted molar refractivity (Wildman–Crippen MR) is 59.4 cm³/mol. The van der Waals surface area contributed by atoms with Crippen LogP contribution in [0.4, 0.5) is 0 Å². The number of carbonyl (C=O) groups excluding carboxylic acids is 1. The molecule has 3 nitrogen and oxygen atoms in total. The van der Waals surface area contributed by atoms with Gasteiger partial charge in [-0.3, -0.25) is 9.59 Å². The van der Waals surface area contributed by atoms with Crippen LogP contribution in [0.5, 0.6) is 0 Å². The fourth-order valence-electron chi connectivity index (χ4n) is 1.44. The van der Waals surface area contributed by atoms with Gasteiger partial charge in [0.2, 0.25) is 0 Å². The van der Waals surface area contributed by atoms with Crippen molar-refractivity contribution in [1.29, 1.82) is 0 Å². The van der Waals surface area contributed by atoms with Crippen LogP contribution < -0.4 is 0 Å². The average molecular weight is 226 g/mol. The summed E-state index contributed by atoms with van der Waals surface area (Å²) in [6.07, 6.45) is 0.365. The van der Waals surface area contributed by atoms with Crippen molar-refractivity contribution in [2.75, 3.05) is 0 Å². The fourth-order valence-corrected chi connectivity index (χ4v) is 2.31. The Morgan fingerprint density at radius 1 is 1.47 bits per heavy atom. The van der Waals surface area contributed by atoms with E-state index in [1.54, 1.807) is 6.92 Å². The lowest BCUT2D eigenvalue weighted by atomic mass is 9.99. The number of hydrogen-bond acceptors (Lipinski definition) is 3. The van der Waals surface area contributed by atoms with Crippen LogP contribution in [-0.2, 0) is 4.79 Å². The minimum absolute atomic E-state index is 0.0517. The van der Waals surface area contributed by atoms with Crippen LogP contribution in [0.2, 0.25) is 0 Å². The summed E-state index contributed by atoms with van der Waals surface area (Å²) in [5.74, 6) is -0.897. The Kier molecular flexibility index (Phi) is 4.03. The normalized spacial score (nSPS) is 12.4. The first-order chi connectivity index (χ1) is 7.00. The van der Waals surface area contributed by atoms with E-state index in [1.807, 2.05) is 18.4 Å². The lowest BCUT2D eigenvalue weighted by Crippen LogP contribution is -2.10. The number of hydrogen-bond donors (Lipinski definition) is 1. The molecule has 1 aromatic rings. The van der Waals surface area contributed by atoms with Crippen LogP contribution in [0.25, 0.3) is 0 Å². The van der Waals surface area contributed by atoms with E-state index < -0.39 is 5.97 Å². The number of Topliss-reactive ketones (excluding diaryl/α,β-unsaturated/α-hetero) is 1. The van der Waals surface area contributed by atoms with Gasteiger partial charge in [0.15, 0.2) is 5.78 Å². The molecular weight excluding hydrogens is 212 g/mol. The summed E-state index contributed by atoms with van der Waals surface area (Å²) in [5, 5.41) is 10.5. The van der Waals surface area contributed by atoms with Gasteiger partial charge in [0.05, 0.1) is 4.88 Å². The lowest BCUT2D eigenvalue weighted by molar-refractivity contribution is -0.137. The van der Waals surface area contributed by atoms with Gasteiger partial charge in [-0.25, -0.2) is 0 Å². The first-order valence-electron chi connectivity index (χ1n) is 4.79. The smallest absolute Gasteiger partial charge is 0.303 e. The zero-order valence-corrected chi connectivity index (χ0v) is 9.63. The topological polar surface area (TPSA) is 54.4 Å². The van der Waals surface area contributed by atoms with E-state index in [-0.39, 0.29) is 18.1 Å². The second-order valence-corrected chi connectivity index (χ2v) is 4.68. The van der Waals surface area contributed by atoms with Crippen molar-refractivity contribution in [3.8, 4) is 0 Å². The van der Waals surface area contributed by atoms with E-state index in [1.165, 1.54) is 11.3 Å². The summed E-state index contributed by atoms with van der Waals surface area (Å²) in [6.45, 7) is 3.68. The summed E-state index contributed by atoms with van der Waals surface area (Å²) in [4.78, 5) is 22.9. The van der Waals surface area contributed by atoms with Crippen molar-refractivity contribution in [2.45, 2.75) is 26.7 Å². The van der Waals surface area contributed by atoms with E-state index in [0.29, 0.717) is 6.42 Å². The van der Waals surface area contributed by atoms with Crippen molar-refractivity contribution in [2.24, 2.45) is 5.92 Å². The van der Waals surface area contributed by atoms with Gasteiger partial charge in [-0.2, -0.15) is 0 Å². The van der Waals surface area contributed by atoms with Gasteiger partial charge in [0.1, 0.15) is 0 Å². The van der Waals surface area contributed by atoms with E-state index in [2.05, 4.69) is 0 Å². The molecule has 1 aromatic heterocycles. The van der Waals surface area contributed by atoms with E-state index in [9.17, 15) is 9.59 Å². The van der Waals surface area contributed by atoms with Crippen molar-refractivity contribution in [3.05, 3.63) is 21.9 Å². The van der Waals surface area contributed by atoms with Crippen molar-refractivity contribution in [3.63, 3.8) is 0 Å². The van der Waals surface area contributed by atoms with E-state index in [4.69, 9.17) is 5.11 Å². The van der Waals surface area contributed by atoms with Gasteiger partial charge in [-0.1, -0.05) is 6.92 Å². The quantitative estimate of drug-likeness (QED) is 0.785. The summed E-state index contributed by atoms with van der Waals surface area (Å²) in [7, 11) is 0. The number of aryl methyl sites for hydroxylation is 1. The van der Waals surface area contributed by atoms with Gasteiger partial charge in [0, 0.05) is 12.8 Å². The third kappa shape index (κ3) is 3.47. The Hall–Kier alpha value is -1.16. The minimum Gasteiger partial charge on any atom is -0.481 e. The molecule has 1 atom stereocenters. The molecule has 0 aromatic carbocycles. The highest BCUT2D eigenvalue weighted by Crippen LogP contribution is 2.20. The fraction of sp³-hybridized carbons (Fsp3) is 0.455. The number of rotatable bonds is 5. The molecule has 15 heavy (non-hydrogen) atoms. The first kappa shape index (κ1) is 11.9. The highest BCUT2D eigenvalue weighted by molar-refractivity contribution is 7.12. The number of aliphatic carboxylic acids is 1. The molecule has 1 N–H and O–H groups in total. The second-order valence-electron chi connectivity index (χ2n) is 3.76. The number of thiophene rings is 1. The monoisotopic (exact) mass is 226 g/mol. The molecule has 0 spiro atoms. The third-order valence-corrected chi connectivity index (χ3v) is 3.23. The molecule has 0 saturated carbocycles. The first-order valence-corrected chi connectivity index (χ1v) is 5.67. The second kappa shape index (κ2) is 5.07. The van der Waals surface area contributed by atoms with Gasteiger partial charge in [-0.05, 0) is 29.9 Å². The average Bonchev–Trinajstić information content (AvgIpc) is 2.49. The summed E-state index contributed by atoms with van der Waals surface area (Å²) in [5.41, 5.74) is 0.979. The Balaban J connectivity index is 2.56. The molecule has 0 unspecified atom stereocenters. The molecule has 0 bridgehead atoms. The van der Waals surface area contributed by atoms with Crippen molar-refractivity contribution in [1.82, 2.24) is 0 Å². The molecule has 0 aliphatic carbocycles. The zero-order chi connectivity index (χ0) is 11.4. The van der Waals surface area contributed by atoms with Crippen molar-refractivity contribution >= 4 is 23.1 Å². The lowest BCUT2D eigenvalue weighted by Gasteiger charge is -2.06. The summed E-state index contributed by atoms with van der Waals surface area (Å²) >= 11 is 1.42. The number of carboxylic acid groups (broad SMARTS) is 1. The molecule has 0 aliphatic heterocycles. The van der Waals surface area contributed by atoms with E-state index >= 15 is 0 Å².